The Hall–Kier alpha value is -2.28. The van der Waals surface area contributed by atoms with Crippen molar-refractivity contribution in [1.82, 2.24) is 20.2 Å². The number of nitrogens with zero attached hydrogens (tertiary/aromatic N) is 3. The van der Waals surface area contributed by atoms with Crippen molar-refractivity contribution in [2.24, 2.45) is 0 Å². The molecule has 4 rings (SSSR count). The standard InChI is InChI=1S/C16H14BrN5O/c1-2-3-12-20-14(10-7-18-22-15(10)21-12)13-9-6-8(17)4-5-11(9)19-16(13)23/h4-7,13H,2-3H2,1H3,(H,19,23)(H,18,20,21,22). The van der Waals surface area contributed by atoms with Gasteiger partial charge in [-0.3, -0.25) is 9.89 Å². The molecule has 23 heavy (non-hydrogen) atoms. The molecule has 1 amide bonds. The number of nitrogens with one attached hydrogen (secondary N) is 2. The summed E-state index contributed by atoms with van der Waals surface area (Å²) in [6.07, 6.45) is 3.45. The number of fused-ring (bicyclic) bond motifs is 2. The second-order valence-corrected chi connectivity index (χ2v) is 6.47. The normalized spacial score (nSPS) is 16.6. The molecule has 3 aromatic rings. The molecule has 1 atom stereocenters. The lowest BCUT2D eigenvalue weighted by Gasteiger charge is -2.11. The van der Waals surface area contributed by atoms with Crippen LogP contribution in [0, 0.1) is 0 Å². The van der Waals surface area contributed by atoms with E-state index >= 15 is 0 Å². The molecule has 1 aromatic carbocycles. The average Bonchev–Trinajstić information content (AvgIpc) is 3.10. The summed E-state index contributed by atoms with van der Waals surface area (Å²) >= 11 is 3.48. The smallest absolute Gasteiger partial charge is 0.238 e. The molecule has 3 heterocycles. The zero-order valence-corrected chi connectivity index (χ0v) is 14.0. The molecule has 0 fully saturated rings. The van der Waals surface area contributed by atoms with Gasteiger partial charge in [0.05, 0.1) is 11.1 Å². The van der Waals surface area contributed by atoms with Gasteiger partial charge in [-0.1, -0.05) is 22.9 Å². The number of H-pyrrole nitrogens is 1. The molecule has 116 valence electrons. The molecular weight excluding hydrogens is 358 g/mol. The Bertz CT molecular complexity index is 920. The molecule has 7 heteroatoms. The molecule has 1 aliphatic rings. The molecule has 0 spiro atoms. The lowest BCUT2D eigenvalue weighted by Crippen LogP contribution is -2.16. The summed E-state index contributed by atoms with van der Waals surface area (Å²) in [7, 11) is 0. The summed E-state index contributed by atoms with van der Waals surface area (Å²) < 4.78 is 0.934. The Morgan fingerprint density at radius 2 is 2.17 bits per heavy atom. The minimum absolute atomic E-state index is 0.0678. The monoisotopic (exact) mass is 371 g/mol. The van der Waals surface area contributed by atoms with E-state index in [2.05, 4.69) is 48.3 Å². The van der Waals surface area contributed by atoms with Crippen molar-refractivity contribution >= 4 is 38.6 Å². The van der Waals surface area contributed by atoms with E-state index in [-0.39, 0.29) is 5.91 Å². The lowest BCUT2D eigenvalue weighted by atomic mass is 9.95. The first kappa shape index (κ1) is 14.3. The van der Waals surface area contributed by atoms with Gasteiger partial charge in [0.25, 0.3) is 0 Å². The van der Waals surface area contributed by atoms with Gasteiger partial charge in [0.15, 0.2) is 5.65 Å². The molecule has 2 aromatic heterocycles. The van der Waals surface area contributed by atoms with Crippen molar-refractivity contribution < 1.29 is 4.79 Å². The number of halogens is 1. The van der Waals surface area contributed by atoms with Crippen LogP contribution in [-0.4, -0.2) is 26.1 Å². The molecule has 6 nitrogen and oxygen atoms in total. The third-order valence-electron chi connectivity index (χ3n) is 3.97. The molecule has 1 unspecified atom stereocenters. The molecule has 0 radical (unpaired) electrons. The summed E-state index contributed by atoms with van der Waals surface area (Å²) in [6.45, 7) is 2.08. The van der Waals surface area contributed by atoms with Crippen molar-refractivity contribution in [3.63, 3.8) is 0 Å². The van der Waals surface area contributed by atoms with Crippen molar-refractivity contribution in [1.29, 1.82) is 0 Å². The average molecular weight is 372 g/mol. The van der Waals surface area contributed by atoms with Gasteiger partial charge < -0.3 is 5.32 Å². The van der Waals surface area contributed by atoms with E-state index < -0.39 is 5.92 Å². The molecule has 0 saturated heterocycles. The zero-order chi connectivity index (χ0) is 16.0. The number of aromatic amines is 1. The van der Waals surface area contributed by atoms with Gasteiger partial charge in [-0.25, -0.2) is 9.97 Å². The van der Waals surface area contributed by atoms with Gasteiger partial charge >= 0.3 is 0 Å². The number of hydrogen-bond acceptors (Lipinski definition) is 4. The van der Waals surface area contributed by atoms with Crippen LogP contribution in [0.4, 0.5) is 5.69 Å². The van der Waals surface area contributed by atoms with Crippen molar-refractivity contribution in [3.8, 4) is 0 Å². The minimum Gasteiger partial charge on any atom is -0.325 e. The van der Waals surface area contributed by atoms with Gasteiger partial charge in [0.2, 0.25) is 5.91 Å². The van der Waals surface area contributed by atoms with Crippen LogP contribution >= 0.6 is 15.9 Å². The largest absolute Gasteiger partial charge is 0.325 e. The van der Waals surface area contributed by atoms with Crippen molar-refractivity contribution in [2.75, 3.05) is 5.32 Å². The minimum atomic E-state index is -0.443. The maximum atomic E-state index is 12.6. The highest BCUT2D eigenvalue weighted by molar-refractivity contribution is 9.10. The van der Waals surface area contributed by atoms with Gasteiger partial charge in [-0.2, -0.15) is 5.10 Å². The van der Waals surface area contributed by atoms with Gasteiger partial charge in [0.1, 0.15) is 11.7 Å². The number of carbonyl (C=O) groups excluding carboxylic acids is 1. The van der Waals surface area contributed by atoms with E-state index in [1.54, 1.807) is 6.20 Å². The maximum absolute atomic E-state index is 12.6. The first-order valence-electron chi connectivity index (χ1n) is 7.48. The number of aryl methyl sites for hydroxylation is 1. The van der Waals surface area contributed by atoms with Crippen LogP contribution in [0.25, 0.3) is 11.0 Å². The number of aromatic nitrogens is 4. The predicted octanol–water partition coefficient (Wildman–Crippen LogP) is 3.15. The predicted molar refractivity (Wildman–Crippen MR) is 90.3 cm³/mol. The van der Waals surface area contributed by atoms with E-state index in [0.29, 0.717) is 11.3 Å². The fourth-order valence-electron chi connectivity index (χ4n) is 2.96. The summed E-state index contributed by atoms with van der Waals surface area (Å²) in [5.41, 5.74) is 3.07. The van der Waals surface area contributed by atoms with Crippen LogP contribution in [0.3, 0.4) is 0 Å². The van der Waals surface area contributed by atoms with Crippen LogP contribution in [0.15, 0.2) is 28.9 Å². The SMILES string of the molecule is CCCc1nc(C2C(=O)Nc3ccc(Br)cc32)c2c[nH]nc2n1. The highest BCUT2D eigenvalue weighted by atomic mass is 79.9. The number of carbonyl (C=O) groups is 1. The number of anilines is 1. The van der Waals surface area contributed by atoms with Crippen molar-refractivity contribution in [2.45, 2.75) is 25.7 Å². The quantitative estimate of drug-likeness (QED) is 0.740. The van der Waals surface area contributed by atoms with E-state index in [1.807, 2.05) is 18.2 Å². The van der Waals surface area contributed by atoms with Gasteiger partial charge in [0, 0.05) is 22.8 Å². The number of amides is 1. The Labute approximate surface area is 140 Å². The number of benzene rings is 1. The van der Waals surface area contributed by atoms with E-state index in [1.165, 1.54) is 0 Å². The Morgan fingerprint density at radius 1 is 1.30 bits per heavy atom. The molecule has 1 aliphatic heterocycles. The molecule has 0 bridgehead atoms. The van der Waals surface area contributed by atoms with Crippen LogP contribution in [0.5, 0.6) is 0 Å². The second kappa shape index (κ2) is 5.42. The summed E-state index contributed by atoms with van der Waals surface area (Å²) in [5.74, 6) is 0.210. The Morgan fingerprint density at radius 3 is 3.00 bits per heavy atom. The maximum Gasteiger partial charge on any atom is 0.238 e. The lowest BCUT2D eigenvalue weighted by molar-refractivity contribution is -0.116. The third kappa shape index (κ3) is 2.31. The summed E-state index contributed by atoms with van der Waals surface area (Å²) in [4.78, 5) is 21.7. The Kier molecular flexibility index (Phi) is 3.37. The molecular formula is C16H14BrN5O. The summed E-state index contributed by atoms with van der Waals surface area (Å²) in [6, 6.07) is 5.78. The van der Waals surface area contributed by atoms with Gasteiger partial charge in [-0.05, 0) is 30.2 Å². The third-order valence-corrected chi connectivity index (χ3v) is 4.47. The number of hydrogen-bond donors (Lipinski definition) is 2. The fourth-order valence-corrected chi connectivity index (χ4v) is 3.34. The topological polar surface area (TPSA) is 83.6 Å². The second-order valence-electron chi connectivity index (χ2n) is 5.55. The Balaban J connectivity index is 1.94. The first-order chi connectivity index (χ1) is 11.2. The van der Waals surface area contributed by atoms with E-state index in [9.17, 15) is 4.79 Å². The highest BCUT2D eigenvalue weighted by Crippen LogP contribution is 2.39. The summed E-state index contributed by atoms with van der Waals surface area (Å²) in [5, 5.41) is 10.7. The van der Waals surface area contributed by atoms with Crippen LogP contribution in [0.1, 0.15) is 36.3 Å². The number of rotatable bonds is 3. The first-order valence-corrected chi connectivity index (χ1v) is 8.27. The van der Waals surface area contributed by atoms with Crippen LogP contribution in [-0.2, 0) is 11.2 Å². The van der Waals surface area contributed by atoms with E-state index in [0.717, 1.165) is 39.8 Å². The van der Waals surface area contributed by atoms with E-state index in [4.69, 9.17) is 0 Å². The zero-order valence-electron chi connectivity index (χ0n) is 12.4. The highest BCUT2D eigenvalue weighted by Gasteiger charge is 2.35. The fraction of sp³-hybridized carbons (Fsp3) is 0.250. The van der Waals surface area contributed by atoms with Gasteiger partial charge in [-0.15, -0.1) is 0 Å². The van der Waals surface area contributed by atoms with Crippen LogP contribution < -0.4 is 5.32 Å². The molecule has 2 N–H and O–H groups in total. The molecule has 0 saturated carbocycles. The van der Waals surface area contributed by atoms with Crippen LogP contribution in [0.2, 0.25) is 0 Å². The molecule has 0 aliphatic carbocycles. The van der Waals surface area contributed by atoms with Crippen molar-refractivity contribution in [3.05, 3.63) is 46.0 Å².